The lowest BCUT2D eigenvalue weighted by molar-refractivity contribution is -0.141. The van der Waals surface area contributed by atoms with Crippen LogP contribution in [-0.2, 0) is 10.9 Å². The molecule has 0 saturated carbocycles. The molecule has 0 amide bonds. The van der Waals surface area contributed by atoms with Crippen LogP contribution in [0.25, 0.3) is 0 Å². The molecule has 0 spiro atoms. The van der Waals surface area contributed by atoms with Crippen molar-refractivity contribution in [1.29, 1.82) is 0 Å². The molecule has 3 nitrogen and oxygen atoms in total. The van der Waals surface area contributed by atoms with Gasteiger partial charge in [0.25, 0.3) is 0 Å². The first-order valence-electron chi connectivity index (χ1n) is 5.84. The molecule has 0 aromatic carbocycles. The fourth-order valence-electron chi connectivity index (χ4n) is 2.61. The van der Waals surface area contributed by atoms with Crippen LogP contribution in [0, 0.1) is 0 Å². The topological polar surface area (TPSA) is 27.1 Å². The van der Waals surface area contributed by atoms with E-state index in [-0.39, 0.29) is 11.6 Å². The van der Waals surface area contributed by atoms with Gasteiger partial charge in [-0.1, -0.05) is 0 Å². The van der Waals surface area contributed by atoms with Gasteiger partial charge in [0.2, 0.25) is 0 Å². The first-order valence-corrected chi connectivity index (χ1v) is 5.84. The van der Waals surface area contributed by atoms with Crippen LogP contribution < -0.4 is 0 Å². The van der Waals surface area contributed by atoms with Gasteiger partial charge in [-0.3, -0.25) is 4.68 Å². The predicted molar refractivity (Wildman–Crippen MR) is 60.1 cm³/mol. The number of aromatic nitrogens is 2. The summed E-state index contributed by atoms with van der Waals surface area (Å²) in [5, 5.41) is 3.64. The van der Waals surface area contributed by atoms with Gasteiger partial charge in [0.15, 0.2) is 5.69 Å². The Morgan fingerprint density at radius 3 is 2.33 bits per heavy atom. The molecule has 1 aliphatic rings. The normalized spacial score (nSPS) is 26.5. The second kappa shape index (κ2) is 3.73. The number of nitrogens with zero attached hydrogens (tertiary/aromatic N) is 2. The Bertz CT molecular complexity index is 448. The van der Waals surface area contributed by atoms with Crippen LogP contribution in [0.5, 0.6) is 0 Å². The average Bonchev–Trinajstić information content (AvgIpc) is 2.65. The van der Waals surface area contributed by atoms with Gasteiger partial charge in [0, 0.05) is 12.6 Å². The number of ether oxygens (including phenoxy) is 1. The second-order valence-corrected chi connectivity index (χ2v) is 5.86. The third-order valence-electron chi connectivity index (χ3n) is 3.24. The fourth-order valence-corrected chi connectivity index (χ4v) is 2.61. The van der Waals surface area contributed by atoms with E-state index in [1.54, 1.807) is 0 Å². The van der Waals surface area contributed by atoms with E-state index in [1.807, 2.05) is 27.7 Å². The molecule has 1 aromatic heterocycles. The highest BCUT2D eigenvalue weighted by atomic mass is 19.4. The van der Waals surface area contributed by atoms with Crippen molar-refractivity contribution in [2.75, 3.05) is 0 Å². The summed E-state index contributed by atoms with van der Waals surface area (Å²) in [5.74, 6) is 0. The summed E-state index contributed by atoms with van der Waals surface area (Å²) in [7, 11) is 0. The van der Waals surface area contributed by atoms with Gasteiger partial charge in [-0.25, -0.2) is 0 Å². The highest BCUT2D eigenvalue weighted by molar-refractivity contribution is 5.07. The molecule has 0 aliphatic carbocycles. The van der Waals surface area contributed by atoms with E-state index in [1.165, 1.54) is 10.9 Å². The van der Waals surface area contributed by atoms with Gasteiger partial charge in [-0.2, -0.15) is 18.3 Å². The lowest BCUT2D eigenvalue weighted by atomic mass is 9.95. The zero-order valence-corrected chi connectivity index (χ0v) is 10.9. The Morgan fingerprint density at radius 2 is 1.94 bits per heavy atom. The second-order valence-electron chi connectivity index (χ2n) is 5.86. The molecule has 1 saturated heterocycles. The SMILES string of the molecule is CC1(C)CC(n2ccc(C(F)(F)F)n2)C(C)(C)O1. The number of hydrogen-bond donors (Lipinski definition) is 0. The third kappa shape index (κ3) is 2.39. The fraction of sp³-hybridized carbons (Fsp3) is 0.750. The number of halogens is 3. The molecule has 1 aliphatic heterocycles. The first kappa shape index (κ1) is 13.4. The van der Waals surface area contributed by atoms with Crippen LogP contribution in [0.3, 0.4) is 0 Å². The van der Waals surface area contributed by atoms with Crippen molar-refractivity contribution in [2.45, 2.75) is 57.5 Å². The maximum Gasteiger partial charge on any atom is 0.435 e. The molecule has 18 heavy (non-hydrogen) atoms. The van der Waals surface area contributed by atoms with E-state index >= 15 is 0 Å². The Kier molecular flexibility index (Phi) is 2.77. The molecule has 102 valence electrons. The van der Waals surface area contributed by atoms with Gasteiger partial charge in [0.1, 0.15) is 0 Å². The van der Waals surface area contributed by atoms with E-state index in [2.05, 4.69) is 5.10 Å². The van der Waals surface area contributed by atoms with Gasteiger partial charge in [-0.15, -0.1) is 0 Å². The maximum atomic E-state index is 12.5. The minimum Gasteiger partial charge on any atom is -0.367 e. The lowest BCUT2D eigenvalue weighted by Gasteiger charge is -2.27. The third-order valence-corrected chi connectivity index (χ3v) is 3.24. The number of rotatable bonds is 1. The van der Waals surface area contributed by atoms with Crippen molar-refractivity contribution in [3.05, 3.63) is 18.0 Å². The summed E-state index contributed by atoms with van der Waals surface area (Å²) >= 11 is 0. The predicted octanol–water partition coefficient (Wildman–Crippen LogP) is 3.42. The summed E-state index contributed by atoms with van der Waals surface area (Å²) in [4.78, 5) is 0. The molecule has 1 atom stereocenters. The molecular formula is C12H17F3N2O. The van der Waals surface area contributed by atoms with Crippen molar-refractivity contribution in [2.24, 2.45) is 0 Å². The molecule has 1 fully saturated rings. The molecule has 2 heterocycles. The molecule has 6 heteroatoms. The Morgan fingerprint density at radius 1 is 1.33 bits per heavy atom. The summed E-state index contributed by atoms with van der Waals surface area (Å²) in [6, 6.07) is 0.810. The van der Waals surface area contributed by atoms with Crippen LogP contribution in [0.15, 0.2) is 12.3 Å². The van der Waals surface area contributed by atoms with E-state index in [0.29, 0.717) is 6.42 Å². The number of alkyl halides is 3. The molecule has 0 bridgehead atoms. The van der Waals surface area contributed by atoms with Crippen molar-refractivity contribution in [3.63, 3.8) is 0 Å². The van der Waals surface area contributed by atoms with Gasteiger partial charge >= 0.3 is 6.18 Å². The van der Waals surface area contributed by atoms with Crippen molar-refractivity contribution in [1.82, 2.24) is 9.78 Å². The largest absolute Gasteiger partial charge is 0.435 e. The quantitative estimate of drug-likeness (QED) is 0.775. The van der Waals surface area contributed by atoms with Crippen LogP contribution in [0.2, 0.25) is 0 Å². The number of hydrogen-bond acceptors (Lipinski definition) is 2. The Labute approximate surface area is 104 Å². The van der Waals surface area contributed by atoms with Crippen LogP contribution in [0.4, 0.5) is 13.2 Å². The molecule has 0 radical (unpaired) electrons. The average molecular weight is 262 g/mol. The minimum atomic E-state index is -4.40. The van der Waals surface area contributed by atoms with E-state index in [9.17, 15) is 13.2 Å². The maximum absolute atomic E-state index is 12.5. The van der Waals surface area contributed by atoms with E-state index in [4.69, 9.17) is 4.74 Å². The first-order chi connectivity index (χ1) is 8.01. The standard InChI is InChI=1S/C12H17F3N2O/c1-10(2)7-9(11(3,4)18-10)17-6-5-8(16-17)12(13,14)15/h5-6,9H,7H2,1-4H3. The van der Waals surface area contributed by atoms with E-state index in [0.717, 1.165) is 6.07 Å². The molecular weight excluding hydrogens is 245 g/mol. The highest BCUT2D eigenvalue weighted by Gasteiger charge is 2.47. The summed E-state index contributed by atoms with van der Waals surface area (Å²) in [5.41, 5.74) is -1.74. The zero-order chi connectivity index (χ0) is 13.8. The summed E-state index contributed by atoms with van der Waals surface area (Å²) in [6.07, 6.45) is -2.39. The van der Waals surface area contributed by atoms with Crippen LogP contribution >= 0.6 is 0 Å². The van der Waals surface area contributed by atoms with Gasteiger partial charge in [-0.05, 0) is 33.8 Å². The molecule has 2 rings (SSSR count). The monoisotopic (exact) mass is 262 g/mol. The van der Waals surface area contributed by atoms with Gasteiger partial charge < -0.3 is 4.74 Å². The molecule has 1 aromatic rings. The summed E-state index contributed by atoms with van der Waals surface area (Å²) in [6.45, 7) is 7.62. The van der Waals surface area contributed by atoms with E-state index < -0.39 is 17.5 Å². The van der Waals surface area contributed by atoms with Crippen molar-refractivity contribution >= 4 is 0 Å². The highest BCUT2D eigenvalue weighted by Crippen LogP contribution is 2.44. The molecule has 0 N–H and O–H groups in total. The minimum absolute atomic E-state index is 0.191. The van der Waals surface area contributed by atoms with Crippen LogP contribution in [0.1, 0.15) is 45.9 Å². The smallest absolute Gasteiger partial charge is 0.367 e. The molecule has 1 unspecified atom stereocenters. The van der Waals surface area contributed by atoms with Gasteiger partial charge in [0.05, 0.1) is 17.2 Å². The van der Waals surface area contributed by atoms with Crippen molar-refractivity contribution in [3.8, 4) is 0 Å². The van der Waals surface area contributed by atoms with Crippen molar-refractivity contribution < 1.29 is 17.9 Å². The lowest BCUT2D eigenvalue weighted by Crippen LogP contribution is -2.31. The van der Waals surface area contributed by atoms with Crippen LogP contribution in [-0.4, -0.2) is 21.0 Å². The Hall–Kier alpha value is -1.04. The Balaban J connectivity index is 2.30. The zero-order valence-electron chi connectivity index (χ0n) is 10.9. The summed E-state index contributed by atoms with van der Waals surface area (Å²) < 4.78 is 44.8.